The van der Waals surface area contributed by atoms with Crippen molar-refractivity contribution in [3.05, 3.63) is 23.8 Å². The highest BCUT2D eigenvalue weighted by Gasteiger charge is 2.29. The van der Waals surface area contributed by atoms with Crippen molar-refractivity contribution in [2.24, 2.45) is 0 Å². The molecule has 0 atom stereocenters. The van der Waals surface area contributed by atoms with Gasteiger partial charge in [-0.05, 0) is 36.7 Å². The first-order valence-electron chi connectivity index (χ1n) is 8.16. The number of carbonyl (C=O) groups excluding carboxylic acids is 1. The van der Waals surface area contributed by atoms with E-state index in [9.17, 15) is 13.2 Å². The van der Waals surface area contributed by atoms with Crippen LogP contribution in [0.4, 0.5) is 5.69 Å². The molecule has 0 saturated carbocycles. The number of nitrogens with one attached hydrogen (secondary N) is 1. The number of piperazine rings is 1. The number of nitrogens with zero attached hydrogens (tertiary/aromatic N) is 2. The van der Waals surface area contributed by atoms with Gasteiger partial charge >= 0.3 is 0 Å². The summed E-state index contributed by atoms with van der Waals surface area (Å²) >= 11 is 0. The number of fused-ring (bicyclic) bond motifs is 1. The Bertz CT molecular complexity index is 695. The second-order valence-corrected chi connectivity index (χ2v) is 8.08. The van der Waals surface area contributed by atoms with E-state index in [0.717, 1.165) is 43.7 Å². The van der Waals surface area contributed by atoms with Crippen molar-refractivity contribution in [2.45, 2.75) is 31.1 Å². The quantitative estimate of drug-likeness (QED) is 0.879. The van der Waals surface area contributed by atoms with Crippen molar-refractivity contribution in [1.29, 1.82) is 0 Å². The van der Waals surface area contributed by atoms with Gasteiger partial charge in [-0.1, -0.05) is 13.3 Å². The van der Waals surface area contributed by atoms with E-state index < -0.39 is 10.0 Å². The molecule has 0 aromatic heterocycles. The third kappa shape index (κ3) is 3.41. The Morgan fingerprint density at radius 2 is 1.91 bits per heavy atom. The Labute approximate surface area is 137 Å². The van der Waals surface area contributed by atoms with Crippen molar-refractivity contribution in [3.63, 3.8) is 0 Å². The van der Waals surface area contributed by atoms with E-state index in [1.54, 1.807) is 22.5 Å². The number of hydrogen-bond acceptors (Lipinski definition) is 4. The van der Waals surface area contributed by atoms with Gasteiger partial charge in [0.2, 0.25) is 15.9 Å². The van der Waals surface area contributed by atoms with Crippen LogP contribution in [0, 0.1) is 0 Å². The lowest BCUT2D eigenvalue weighted by molar-refractivity contribution is -0.115. The van der Waals surface area contributed by atoms with Crippen LogP contribution in [0.1, 0.15) is 25.3 Å². The van der Waals surface area contributed by atoms with Gasteiger partial charge in [-0.2, -0.15) is 4.31 Å². The Hall–Kier alpha value is -1.44. The van der Waals surface area contributed by atoms with Crippen LogP contribution in [-0.2, 0) is 21.2 Å². The molecule has 3 rings (SSSR count). The molecule has 7 heteroatoms. The molecule has 6 nitrogen and oxygen atoms in total. The third-order valence-electron chi connectivity index (χ3n) is 4.50. The summed E-state index contributed by atoms with van der Waals surface area (Å²) in [6.45, 7) is 5.82. The molecule has 0 unspecified atom stereocenters. The number of carbonyl (C=O) groups is 1. The summed E-state index contributed by atoms with van der Waals surface area (Å²) in [5.74, 6) is -0.0842. The zero-order chi connectivity index (χ0) is 16.4. The summed E-state index contributed by atoms with van der Waals surface area (Å²) in [5.41, 5.74) is 1.48. The predicted octanol–water partition coefficient (Wildman–Crippen LogP) is 1.29. The van der Waals surface area contributed by atoms with Gasteiger partial charge in [0.25, 0.3) is 0 Å². The Balaban J connectivity index is 1.71. The van der Waals surface area contributed by atoms with Crippen LogP contribution in [0.15, 0.2) is 23.1 Å². The first-order chi connectivity index (χ1) is 11.0. The fraction of sp³-hybridized carbons (Fsp3) is 0.562. The van der Waals surface area contributed by atoms with Gasteiger partial charge in [0.05, 0.1) is 11.3 Å². The van der Waals surface area contributed by atoms with E-state index >= 15 is 0 Å². The second-order valence-electron chi connectivity index (χ2n) is 6.14. The number of hydrogen-bond donors (Lipinski definition) is 1. The minimum absolute atomic E-state index is 0.0842. The fourth-order valence-corrected chi connectivity index (χ4v) is 4.56. The number of unbranched alkanes of at least 4 members (excludes halogenated alkanes) is 1. The van der Waals surface area contributed by atoms with Crippen LogP contribution in [0.2, 0.25) is 0 Å². The highest BCUT2D eigenvalue weighted by molar-refractivity contribution is 7.89. The van der Waals surface area contributed by atoms with Gasteiger partial charge in [0.15, 0.2) is 0 Å². The maximum absolute atomic E-state index is 12.8. The zero-order valence-corrected chi connectivity index (χ0v) is 14.2. The normalized spacial score (nSPS) is 19.6. The first kappa shape index (κ1) is 16.4. The number of sulfonamides is 1. The average molecular weight is 337 g/mol. The summed E-state index contributed by atoms with van der Waals surface area (Å²) in [6.07, 6.45) is 2.56. The molecule has 1 N–H and O–H groups in total. The van der Waals surface area contributed by atoms with Crippen molar-refractivity contribution in [1.82, 2.24) is 9.21 Å². The molecule has 126 valence electrons. The Morgan fingerprint density at radius 1 is 1.17 bits per heavy atom. The van der Waals surface area contributed by atoms with Crippen molar-refractivity contribution in [2.75, 3.05) is 38.0 Å². The number of anilines is 1. The highest BCUT2D eigenvalue weighted by atomic mass is 32.2. The molecule has 0 aliphatic carbocycles. The van der Waals surface area contributed by atoms with Crippen molar-refractivity contribution >= 4 is 21.6 Å². The average Bonchev–Trinajstić information content (AvgIpc) is 2.92. The van der Waals surface area contributed by atoms with Gasteiger partial charge in [0, 0.05) is 31.9 Å². The first-order valence-corrected chi connectivity index (χ1v) is 9.60. The molecule has 23 heavy (non-hydrogen) atoms. The molecule has 1 saturated heterocycles. The predicted molar refractivity (Wildman–Crippen MR) is 88.9 cm³/mol. The molecular weight excluding hydrogens is 314 g/mol. The number of rotatable bonds is 5. The topological polar surface area (TPSA) is 69.7 Å². The van der Waals surface area contributed by atoms with Crippen molar-refractivity contribution < 1.29 is 13.2 Å². The maximum atomic E-state index is 12.8. The molecule has 0 radical (unpaired) electrons. The van der Waals surface area contributed by atoms with E-state index in [4.69, 9.17) is 0 Å². The molecule has 0 spiro atoms. The van der Waals surface area contributed by atoms with Crippen LogP contribution in [0.3, 0.4) is 0 Å². The maximum Gasteiger partial charge on any atom is 0.243 e. The molecule has 0 bridgehead atoms. The molecule has 1 amide bonds. The SMILES string of the molecule is CCCCN1CCN(S(=O)(=O)c2ccc3c(c2)CC(=O)N3)CC1. The monoisotopic (exact) mass is 337 g/mol. The molecular formula is C16H23N3O3S. The van der Waals surface area contributed by atoms with Gasteiger partial charge in [0.1, 0.15) is 0 Å². The highest BCUT2D eigenvalue weighted by Crippen LogP contribution is 2.27. The van der Waals surface area contributed by atoms with Gasteiger partial charge < -0.3 is 10.2 Å². The smallest absolute Gasteiger partial charge is 0.243 e. The summed E-state index contributed by atoms with van der Waals surface area (Å²) in [5, 5.41) is 2.73. The Morgan fingerprint density at radius 3 is 2.61 bits per heavy atom. The van der Waals surface area contributed by atoms with E-state index in [2.05, 4.69) is 17.1 Å². The zero-order valence-electron chi connectivity index (χ0n) is 13.4. The molecule has 2 heterocycles. The number of benzene rings is 1. The van der Waals surface area contributed by atoms with Gasteiger partial charge in [-0.3, -0.25) is 4.79 Å². The summed E-state index contributed by atoms with van der Waals surface area (Å²) in [6, 6.07) is 4.90. The van der Waals surface area contributed by atoms with E-state index in [1.807, 2.05) is 0 Å². The number of amides is 1. The van der Waals surface area contributed by atoms with Crippen LogP contribution < -0.4 is 5.32 Å². The van der Waals surface area contributed by atoms with Gasteiger partial charge in [-0.25, -0.2) is 8.42 Å². The van der Waals surface area contributed by atoms with E-state index in [-0.39, 0.29) is 17.2 Å². The summed E-state index contributed by atoms with van der Waals surface area (Å²) in [4.78, 5) is 14.0. The van der Waals surface area contributed by atoms with Gasteiger partial charge in [-0.15, -0.1) is 0 Å². The van der Waals surface area contributed by atoms with Crippen LogP contribution in [0.5, 0.6) is 0 Å². The van der Waals surface area contributed by atoms with Crippen LogP contribution >= 0.6 is 0 Å². The molecule has 2 aliphatic heterocycles. The lowest BCUT2D eigenvalue weighted by atomic mass is 10.2. The standard InChI is InChI=1S/C16H23N3O3S/c1-2-3-6-18-7-9-19(10-8-18)23(21,22)14-4-5-15-13(11-14)12-16(20)17-15/h4-5,11H,2-3,6-10,12H2,1H3,(H,17,20). The molecule has 1 aromatic rings. The molecule has 1 aromatic carbocycles. The van der Waals surface area contributed by atoms with E-state index in [0.29, 0.717) is 13.1 Å². The second kappa shape index (κ2) is 6.59. The summed E-state index contributed by atoms with van der Waals surface area (Å²) in [7, 11) is -3.48. The third-order valence-corrected chi connectivity index (χ3v) is 6.39. The van der Waals surface area contributed by atoms with Crippen molar-refractivity contribution in [3.8, 4) is 0 Å². The molecule has 2 aliphatic rings. The molecule has 1 fully saturated rings. The Kier molecular flexibility index (Phi) is 4.70. The largest absolute Gasteiger partial charge is 0.326 e. The minimum Gasteiger partial charge on any atom is -0.326 e. The summed E-state index contributed by atoms with van der Waals surface area (Å²) < 4.78 is 27.1. The van der Waals surface area contributed by atoms with E-state index in [1.165, 1.54) is 0 Å². The lowest BCUT2D eigenvalue weighted by Gasteiger charge is -2.34. The lowest BCUT2D eigenvalue weighted by Crippen LogP contribution is -2.48. The minimum atomic E-state index is -3.48. The van der Waals surface area contributed by atoms with Crippen LogP contribution in [0.25, 0.3) is 0 Å². The fourth-order valence-electron chi connectivity index (χ4n) is 3.09. The van der Waals surface area contributed by atoms with Crippen LogP contribution in [-0.4, -0.2) is 56.3 Å².